The van der Waals surface area contributed by atoms with E-state index < -0.39 is 5.91 Å². The van der Waals surface area contributed by atoms with Gasteiger partial charge in [0.05, 0.1) is 35.2 Å². The number of primary amides is 1. The van der Waals surface area contributed by atoms with Crippen LogP contribution in [0.5, 0.6) is 5.88 Å². The number of imidazole rings is 1. The van der Waals surface area contributed by atoms with Crippen LogP contribution in [-0.2, 0) is 6.42 Å². The SMILES string of the molecule is CN(C)c1cc(-c2cnc3c(c2)CCCO3)c2nc[nH]c2c1C(N)=O. The lowest BCUT2D eigenvalue weighted by molar-refractivity contribution is 0.100. The summed E-state index contributed by atoms with van der Waals surface area (Å²) < 4.78 is 5.60. The zero-order chi connectivity index (χ0) is 17.6. The van der Waals surface area contributed by atoms with Crippen LogP contribution in [-0.4, -0.2) is 41.6 Å². The summed E-state index contributed by atoms with van der Waals surface area (Å²) in [5.41, 5.74) is 11.1. The molecule has 0 saturated heterocycles. The van der Waals surface area contributed by atoms with Gasteiger partial charge in [-0.15, -0.1) is 0 Å². The highest BCUT2D eigenvalue weighted by Crippen LogP contribution is 2.36. The average molecular weight is 337 g/mol. The monoisotopic (exact) mass is 337 g/mol. The first-order chi connectivity index (χ1) is 12.1. The van der Waals surface area contributed by atoms with Crippen molar-refractivity contribution >= 4 is 22.6 Å². The van der Waals surface area contributed by atoms with Crippen LogP contribution in [0, 0.1) is 0 Å². The van der Waals surface area contributed by atoms with Crippen molar-refractivity contribution in [3.8, 4) is 17.0 Å². The number of ether oxygens (including phenoxy) is 1. The highest BCUT2D eigenvalue weighted by atomic mass is 16.5. The first-order valence-corrected chi connectivity index (χ1v) is 8.15. The van der Waals surface area contributed by atoms with Crippen molar-refractivity contribution in [3.05, 3.63) is 35.8 Å². The number of nitrogens with one attached hydrogen (secondary N) is 1. The molecule has 0 unspecified atom stereocenters. The van der Waals surface area contributed by atoms with Gasteiger partial charge in [-0.3, -0.25) is 4.79 Å². The summed E-state index contributed by atoms with van der Waals surface area (Å²) in [5, 5.41) is 0. The lowest BCUT2D eigenvalue weighted by Gasteiger charge is -2.20. The molecule has 128 valence electrons. The number of anilines is 1. The number of amides is 1. The van der Waals surface area contributed by atoms with E-state index in [4.69, 9.17) is 10.5 Å². The Kier molecular flexibility index (Phi) is 3.56. The fourth-order valence-electron chi connectivity index (χ4n) is 3.30. The molecule has 1 aliphatic rings. The van der Waals surface area contributed by atoms with Crippen molar-refractivity contribution in [2.75, 3.05) is 25.6 Å². The number of aromatic amines is 1. The molecule has 0 atom stereocenters. The predicted molar refractivity (Wildman–Crippen MR) is 96.0 cm³/mol. The summed E-state index contributed by atoms with van der Waals surface area (Å²) in [4.78, 5) is 25.8. The molecule has 1 aliphatic heterocycles. The molecule has 1 aromatic carbocycles. The molecule has 0 aliphatic carbocycles. The second-order valence-corrected chi connectivity index (χ2v) is 6.34. The van der Waals surface area contributed by atoms with E-state index in [2.05, 4.69) is 21.0 Å². The molecule has 7 nitrogen and oxygen atoms in total. The van der Waals surface area contributed by atoms with Crippen LogP contribution in [0.15, 0.2) is 24.7 Å². The highest BCUT2D eigenvalue weighted by Gasteiger charge is 2.21. The van der Waals surface area contributed by atoms with Gasteiger partial charge in [0.1, 0.15) is 0 Å². The summed E-state index contributed by atoms with van der Waals surface area (Å²) in [5.74, 6) is 0.219. The predicted octanol–water partition coefficient (Wildman–Crippen LogP) is 2.11. The Balaban J connectivity index is 1.98. The average Bonchev–Trinajstić information content (AvgIpc) is 3.08. The van der Waals surface area contributed by atoms with Gasteiger partial charge in [-0.2, -0.15) is 0 Å². The van der Waals surface area contributed by atoms with E-state index in [-0.39, 0.29) is 0 Å². The molecular weight excluding hydrogens is 318 g/mol. The number of carbonyl (C=O) groups excluding carboxylic acids is 1. The molecule has 3 aromatic rings. The highest BCUT2D eigenvalue weighted by molar-refractivity contribution is 6.12. The minimum Gasteiger partial charge on any atom is -0.477 e. The van der Waals surface area contributed by atoms with Crippen LogP contribution in [0.2, 0.25) is 0 Å². The zero-order valence-electron chi connectivity index (χ0n) is 14.2. The maximum Gasteiger partial charge on any atom is 0.253 e. The molecule has 7 heteroatoms. The van der Waals surface area contributed by atoms with Crippen LogP contribution in [0.25, 0.3) is 22.2 Å². The van der Waals surface area contributed by atoms with Crippen LogP contribution >= 0.6 is 0 Å². The third-order valence-corrected chi connectivity index (χ3v) is 4.48. The first-order valence-electron chi connectivity index (χ1n) is 8.15. The van der Waals surface area contributed by atoms with Gasteiger partial charge in [0.2, 0.25) is 5.88 Å². The van der Waals surface area contributed by atoms with Crippen LogP contribution < -0.4 is 15.4 Å². The molecular formula is C18H19N5O2. The van der Waals surface area contributed by atoms with Crippen LogP contribution in [0.3, 0.4) is 0 Å². The molecule has 25 heavy (non-hydrogen) atoms. The standard InChI is InChI=1S/C18H19N5O2/c1-23(2)13-7-12(15-16(22-9-21-15)14(13)17(19)24)11-6-10-4-3-5-25-18(10)20-8-11/h6-9H,3-5H2,1-2H3,(H2,19,24)(H,21,22). The number of hydrogen-bond acceptors (Lipinski definition) is 5. The number of nitrogens with two attached hydrogens (primary N) is 1. The lowest BCUT2D eigenvalue weighted by Crippen LogP contribution is -2.19. The normalized spacial score (nSPS) is 13.4. The molecule has 0 fully saturated rings. The van der Waals surface area contributed by atoms with E-state index in [0.717, 1.165) is 35.2 Å². The summed E-state index contributed by atoms with van der Waals surface area (Å²) in [6.45, 7) is 0.709. The fourth-order valence-corrected chi connectivity index (χ4v) is 3.30. The van der Waals surface area contributed by atoms with E-state index in [0.29, 0.717) is 29.1 Å². The summed E-state index contributed by atoms with van der Waals surface area (Å²) in [6, 6.07) is 4.03. The lowest BCUT2D eigenvalue weighted by atomic mass is 9.98. The van der Waals surface area contributed by atoms with Crippen molar-refractivity contribution in [2.45, 2.75) is 12.8 Å². The molecule has 0 spiro atoms. The van der Waals surface area contributed by atoms with Crippen molar-refractivity contribution in [1.29, 1.82) is 0 Å². The number of nitrogens with zero attached hydrogens (tertiary/aromatic N) is 3. The van der Waals surface area contributed by atoms with E-state index >= 15 is 0 Å². The number of pyridine rings is 1. The maximum absolute atomic E-state index is 12.0. The third kappa shape index (κ3) is 2.48. The number of hydrogen-bond donors (Lipinski definition) is 2. The molecule has 4 rings (SSSR count). The summed E-state index contributed by atoms with van der Waals surface area (Å²) in [7, 11) is 3.76. The number of aromatic nitrogens is 3. The molecule has 0 bridgehead atoms. The Labute approximate surface area is 144 Å². The van der Waals surface area contributed by atoms with Gasteiger partial charge >= 0.3 is 0 Å². The summed E-state index contributed by atoms with van der Waals surface area (Å²) >= 11 is 0. The Hall–Kier alpha value is -3.09. The van der Waals surface area contributed by atoms with E-state index in [1.54, 1.807) is 12.5 Å². The topological polar surface area (TPSA) is 97.1 Å². The number of aryl methyl sites for hydroxylation is 1. The van der Waals surface area contributed by atoms with Crippen molar-refractivity contribution in [2.24, 2.45) is 5.73 Å². The second kappa shape index (κ2) is 5.77. The Morgan fingerprint density at radius 1 is 1.32 bits per heavy atom. The van der Waals surface area contributed by atoms with E-state index in [1.807, 2.05) is 25.1 Å². The molecule has 3 N–H and O–H groups in total. The quantitative estimate of drug-likeness (QED) is 0.763. The van der Waals surface area contributed by atoms with Crippen LogP contribution in [0.1, 0.15) is 22.3 Å². The van der Waals surface area contributed by atoms with Gasteiger partial charge < -0.3 is 20.4 Å². The number of benzene rings is 1. The fraction of sp³-hybridized carbons (Fsp3) is 0.278. The maximum atomic E-state index is 12.0. The second-order valence-electron chi connectivity index (χ2n) is 6.34. The molecule has 0 saturated carbocycles. The van der Waals surface area contributed by atoms with E-state index in [1.165, 1.54) is 0 Å². The molecule has 0 radical (unpaired) electrons. The van der Waals surface area contributed by atoms with Gasteiger partial charge in [-0.25, -0.2) is 9.97 Å². The minimum absolute atomic E-state index is 0.440. The van der Waals surface area contributed by atoms with Gasteiger partial charge in [-0.05, 0) is 25.0 Å². The Morgan fingerprint density at radius 3 is 2.92 bits per heavy atom. The summed E-state index contributed by atoms with van der Waals surface area (Å²) in [6.07, 6.45) is 5.30. The largest absolute Gasteiger partial charge is 0.477 e. The number of rotatable bonds is 3. The Bertz CT molecular complexity index is 977. The number of carbonyl (C=O) groups is 1. The molecule has 2 aromatic heterocycles. The van der Waals surface area contributed by atoms with Crippen molar-refractivity contribution in [3.63, 3.8) is 0 Å². The Morgan fingerprint density at radius 2 is 2.16 bits per heavy atom. The van der Waals surface area contributed by atoms with Gasteiger partial charge in [0.25, 0.3) is 5.91 Å². The zero-order valence-corrected chi connectivity index (χ0v) is 14.2. The van der Waals surface area contributed by atoms with Crippen LogP contribution in [0.4, 0.5) is 5.69 Å². The molecule has 1 amide bonds. The van der Waals surface area contributed by atoms with Crippen molar-refractivity contribution in [1.82, 2.24) is 15.0 Å². The smallest absolute Gasteiger partial charge is 0.253 e. The minimum atomic E-state index is -0.485. The van der Waals surface area contributed by atoms with Gasteiger partial charge in [0, 0.05) is 37.0 Å². The first kappa shape index (κ1) is 15.4. The van der Waals surface area contributed by atoms with Crippen molar-refractivity contribution < 1.29 is 9.53 Å². The van der Waals surface area contributed by atoms with E-state index in [9.17, 15) is 4.79 Å². The molecule has 3 heterocycles. The van der Waals surface area contributed by atoms with Gasteiger partial charge in [-0.1, -0.05) is 0 Å². The number of fused-ring (bicyclic) bond motifs is 2. The third-order valence-electron chi connectivity index (χ3n) is 4.48. The number of H-pyrrole nitrogens is 1. The van der Waals surface area contributed by atoms with Gasteiger partial charge in [0.15, 0.2) is 0 Å².